The van der Waals surface area contributed by atoms with Gasteiger partial charge in [0.15, 0.2) is 0 Å². The SMILES string of the molecule is O=C1C(=O)N(Cc2cccs2)C(c2cccc(Oc3ccccc3)c2)/C1=C(/O)c1ccc2ccccc2c1. The second kappa shape index (κ2) is 10.00. The molecule has 1 atom stereocenters. The first-order chi connectivity index (χ1) is 18.6. The Morgan fingerprint density at radius 3 is 2.34 bits per heavy atom. The van der Waals surface area contributed by atoms with Crippen LogP contribution in [-0.4, -0.2) is 21.7 Å². The smallest absolute Gasteiger partial charge is 0.295 e. The highest BCUT2D eigenvalue weighted by molar-refractivity contribution is 7.09. The summed E-state index contributed by atoms with van der Waals surface area (Å²) >= 11 is 1.51. The van der Waals surface area contributed by atoms with Crippen molar-refractivity contribution >= 4 is 39.6 Å². The molecule has 1 aliphatic rings. The second-order valence-electron chi connectivity index (χ2n) is 9.06. The number of aliphatic hydroxyl groups is 1. The van der Waals surface area contributed by atoms with E-state index in [1.54, 1.807) is 6.07 Å². The molecule has 6 rings (SSSR count). The Morgan fingerprint density at radius 1 is 0.789 bits per heavy atom. The molecule has 1 aliphatic heterocycles. The van der Waals surface area contributed by atoms with Gasteiger partial charge in [0.2, 0.25) is 0 Å². The van der Waals surface area contributed by atoms with E-state index < -0.39 is 17.7 Å². The van der Waals surface area contributed by atoms with E-state index in [-0.39, 0.29) is 17.9 Å². The predicted molar refractivity (Wildman–Crippen MR) is 149 cm³/mol. The summed E-state index contributed by atoms with van der Waals surface area (Å²) in [6.07, 6.45) is 0. The Balaban J connectivity index is 1.47. The third kappa shape index (κ3) is 4.46. The first kappa shape index (κ1) is 23.7. The lowest BCUT2D eigenvalue weighted by Crippen LogP contribution is -2.28. The molecule has 0 bridgehead atoms. The normalized spacial score (nSPS) is 16.7. The van der Waals surface area contributed by atoms with Crippen molar-refractivity contribution in [3.05, 3.63) is 136 Å². The number of likely N-dealkylation sites (tertiary alicyclic amines) is 1. The quantitative estimate of drug-likeness (QED) is 0.146. The highest BCUT2D eigenvalue weighted by atomic mass is 32.1. The minimum Gasteiger partial charge on any atom is -0.507 e. The molecule has 0 radical (unpaired) electrons. The molecule has 4 aromatic carbocycles. The van der Waals surface area contributed by atoms with E-state index in [0.29, 0.717) is 22.6 Å². The molecule has 1 unspecified atom stereocenters. The molecule has 0 saturated carbocycles. The fraction of sp³-hybridized carbons (Fsp3) is 0.0625. The van der Waals surface area contributed by atoms with Crippen LogP contribution in [-0.2, 0) is 16.1 Å². The van der Waals surface area contributed by atoms with Crippen molar-refractivity contribution in [2.75, 3.05) is 0 Å². The van der Waals surface area contributed by atoms with Crippen molar-refractivity contribution in [1.82, 2.24) is 4.90 Å². The van der Waals surface area contributed by atoms with Gasteiger partial charge in [-0.25, -0.2) is 0 Å². The minimum absolute atomic E-state index is 0.0682. The zero-order valence-electron chi connectivity index (χ0n) is 20.3. The Morgan fingerprint density at radius 2 is 1.55 bits per heavy atom. The first-order valence-electron chi connectivity index (χ1n) is 12.2. The molecule has 1 amide bonds. The van der Waals surface area contributed by atoms with E-state index >= 15 is 0 Å². The van der Waals surface area contributed by atoms with Gasteiger partial charge in [-0.2, -0.15) is 0 Å². The highest BCUT2D eigenvalue weighted by Crippen LogP contribution is 2.42. The summed E-state index contributed by atoms with van der Waals surface area (Å²) < 4.78 is 6.04. The largest absolute Gasteiger partial charge is 0.507 e. The molecule has 1 aromatic heterocycles. The number of hydrogen-bond donors (Lipinski definition) is 1. The van der Waals surface area contributed by atoms with Crippen LogP contribution in [0.3, 0.4) is 0 Å². The molecule has 2 heterocycles. The fourth-order valence-corrected chi connectivity index (χ4v) is 5.53. The average molecular weight is 518 g/mol. The third-order valence-electron chi connectivity index (χ3n) is 6.62. The number of nitrogens with zero attached hydrogens (tertiary/aromatic N) is 1. The molecular weight excluding hydrogens is 494 g/mol. The number of thiophene rings is 1. The summed E-state index contributed by atoms with van der Waals surface area (Å²) in [7, 11) is 0. The zero-order valence-corrected chi connectivity index (χ0v) is 21.1. The van der Waals surface area contributed by atoms with Gasteiger partial charge in [-0.1, -0.05) is 72.8 Å². The van der Waals surface area contributed by atoms with E-state index in [0.717, 1.165) is 15.6 Å². The lowest BCUT2D eigenvalue weighted by Gasteiger charge is -2.25. The van der Waals surface area contributed by atoms with Gasteiger partial charge in [0.1, 0.15) is 17.3 Å². The van der Waals surface area contributed by atoms with Crippen molar-refractivity contribution in [3.8, 4) is 11.5 Å². The maximum Gasteiger partial charge on any atom is 0.295 e. The molecule has 0 aliphatic carbocycles. The predicted octanol–water partition coefficient (Wildman–Crippen LogP) is 7.32. The van der Waals surface area contributed by atoms with Gasteiger partial charge < -0.3 is 14.7 Å². The summed E-state index contributed by atoms with van der Waals surface area (Å²) in [6, 6.07) is 33.1. The number of carbonyl (C=O) groups excluding carboxylic acids is 2. The number of rotatable bonds is 6. The molecule has 38 heavy (non-hydrogen) atoms. The van der Waals surface area contributed by atoms with E-state index in [1.165, 1.54) is 16.2 Å². The van der Waals surface area contributed by atoms with Crippen LogP contribution in [0.1, 0.15) is 22.0 Å². The van der Waals surface area contributed by atoms with E-state index in [4.69, 9.17) is 4.74 Å². The van der Waals surface area contributed by atoms with Crippen molar-refractivity contribution in [1.29, 1.82) is 0 Å². The van der Waals surface area contributed by atoms with Crippen LogP contribution in [0.4, 0.5) is 0 Å². The topological polar surface area (TPSA) is 66.8 Å². The van der Waals surface area contributed by atoms with E-state index in [2.05, 4.69) is 0 Å². The number of aliphatic hydroxyl groups excluding tert-OH is 1. The first-order valence-corrected chi connectivity index (χ1v) is 13.1. The third-order valence-corrected chi connectivity index (χ3v) is 7.48. The number of fused-ring (bicyclic) bond motifs is 1. The van der Waals surface area contributed by atoms with Crippen LogP contribution in [0.25, 0.3) is 16.5 Å². The van der Waals surface area contributed by atoms with Gasteiger partial charge in [0.25, 0.3) is 11.7 Å². The molecule has 0 spiro atoms. The number of hydrogen-bond acceptors (Lipinski definition) is 5. The summed E-state index contributed by atoms with van der Waals surface area (Å²) in [5.74, 6) is -0.288. The number of benzene rings is 4. The monoisotopic (exact) mass is 517 g/mol. The van der Waals surface area contributed by atoms with Crippen molar-refractivity contribution in [2.45, 2.75) is 12.6 Å². The van der Waals surface area contributed by atoms with Crippen LogP contribution in [0.15, 0.2) is 120 Å². The number of carbonyl (C=O) groups is 2. The van der Waals surface area contributed by atoms with Gasteiger partial charge in [0.05, 0.1) is 18.2 Å². The standard InChI is InChI=1S/C32H23NO4S/c34-30(24-16-15-21-8-4-5-9-22(21)18-24)28-29(33(32(36)31(28)35)20-27-14-7-17-38-27)23-10-6-13-26(19-23)37-25-11-2-1-3-12-25/h1-19,29,34H,20H2/b30-28-. The van der Waals surface area contributed by atoms with Gasteiger partial charge >= 0.3 is 0 Å². The molecular formula is C32H23NO4S. The average Bonchev–Trinajstić information content (AvgIpc) is 3.55. The van der Waals surface area contributed by atoms with Gasteiger partial charge in [-0.3, -0.25) is 9.59 Å². The maximum atomic E-state index is 13.4. The Hall–Kier alpha value is -4.68. The lowest BCUT2D eigenvalue weighted by atomic mass is 9.94. The van der Waals surface area contributed by atoms with E-state index in [1.807, 2.05) is 109 Å². The van der Waals surface area contributed by atoms with E-state index in [9.17, 15) is 14.7 Å². The zero-order chi connectivity index (χ0) is 26.1. The van der Waals surface area contributed by atoms with Crippen LogP contribution >= 0.6 is 11.3 Å². The number of ketones is 1. The molecule has 1 fully saturated rings. The summed E-state index contributed by atoms with van der Waals surface area (Å²) in [4.78, 5) is 29.3. The summed E-state index contributed by atoms with van der Waals surface area (Å²) in [6.45, 7) is 0.255. The molecule has 1 saturated heterocycles. The number of ether oxygens (including phenoxy) is 1. The van der Waals surface area contributed by atoms with Crippen LogP contribution in [0.5, 0.6) is 11.5 Å². The van der Waals surface area contributed by atoms with Crippen molar-refractivity contribution in [2.24, 2.45) is 0 Å². The Kier molecular flexibility index (Phi) is 6.23. The highest BCUT2D eigenvalue weighted by Gasteiger charge is 2.46. The molecule has 6 heteroatoms. The van der Waals surface area contributed by atoms with Gasteiger partial charge in [0, 0.05) is 10.4 Å². The maximum absolute atomic E-state index is 13.4. The molecule has 1 N–H and O–H groups in total. The summed E-state index contributed by atoms with van der Waals surface area (Å²) in [5.41, 5.74) is 1.23. The van der Waals surface area contributed by atoms with Crippen molar-refractivity contribution < 1.29 is 19.4 Å². The second-order valence-corrected chi connectivity index (χ2v) is 10.1. The molecule has 5 nitrogen and oxygen atoms in total. The van der Waals surface area contributed by atoms with Crippen molar-refractivity contribution in [3.63, 3.8) is 0 Å². The minimum atomic E-state index is -0.775. The Bertz CT molecular complexity index is 1670. The fourth-order valence-electron chi connectivity index (χ4n) is 4.82. The van der Waals surface area contributed by atoms with Crippen LogP contribution in [0.2, 0.25) is 0 Å². The van der Waals surface area contributed by atoms with Gasteiger partial charge in [-0.15, -0.1) is 11.3 Å². The number of amides is 1. The van der Waals surface area contributed by atoms with Crippen LogP contribution in [0, 0.1) is 0 Å². The summed E-state index contributed by atoms with van der Waals surface area (Å²) in [5, 5.41) is 15.4. The number of para-hydroxylation sites is 1. The number of Topliss-reactive ketones (excluding diaryl/α,β-unsaturated/α-hetero) is 1. The lowest BCUT2D eigenvalue weighted by molar-refractivity contribution is -0.140. The Labute approximate surface area is 223 Å². The molecule has 186 valence electrons. The molecule has 5 aromatic rings. The van der Waals surface area contributed by atoms with Gasteiger partial charge in [-0.05, 0) is 58.1 Å². The van der Waals surface area contributed by atoms with Crippen LogP contribution < -0.4 is 4.74 Å².